The van der Waals surface area contributed by atoms with Crippen molar-refractivity contribution in [1.82, 2.24) is 0 Å². The second-order valence-electron chi connectivity index (χ2n) is 3.41. The summed E-state index contributed by atoms with van der Waals surface area (Å²) in [6.45, 7) is 5.65. The lowest BCUT2D eigenvalue weighted by atomic mass is 10.0. The number of carbonyl (C=O) groups excluding carboxylic acids is 1. The molecule has 0 N–H and O–H groups in total. The number of carbonyl (C=O) groups is 1. The lowest BCUT2D eigenvalue weighted by molar-refractivity contribution is -0.138. The maximum atomic E-state index is 11.4. The van der Waals surface area contributed by atoms with Gasteiger partial charge in [-0.3, -0.25) is 0 Å². The number of hydrogen-bond acceptors (Lipinski definition) is 3. The van der Waals surface area contributed by atoms with E-state index in [0.29, 0.717) is 6.61 Å². The van der Waals surface area contributed by atoms with Crippen LogP contribution >= 0.6 is 0 Å². The van der Waals surface area contributed by atoms with Crippen LogP contribution in [0, 0.1) is 0 Å². The Hall–Kier alpha value is -0.830. The van der Waals surface area contributed by atoms with Crippen LogP contribution in [0.2, 0.25) is 0 Å². The fourth-order valence-electron chi connectivity index (χ4n) is 1.57. The summed E-state index contributed by atoms with van der Waals surface area (Å²) in [4.78, 5) is 11.4. The lowest BCUT2D eigenvalue weighted by Crippen LogP contribution is -2.08. The van der Waals surface area contributed by atoms with Gasteiger partial charge in [0.15, 0.2) is 0 Å². The van der Waals surface area contributed by atoms with E-state index in [0.717, 1.165) is 38.0 Å². The summed E-state index contributed by atoms with van der Waals surface area (Å²) < 4.78 is 10.3. The fraction of sp³-hybridized carbons (Fsp3) is 0.727. The minimum Gasteiger partial charge on any atom is -0.463 e. The minimum atomic E-state index is -0.176. The zero-order valence-corrected chi connectivity index (χ0v) is 8.97. The molecule has 14 heavy (non-hydrogen) atoms. The maximum absolute atomic E-state index is 11.4. The fourth-order valence-corrected chi connectivity index (χ4v) is 1.57. The predicted molar refractivity (Wildman–Crippen MR) is 54.0 cm³/mol. The summed E-state index contributed by atoms with van der Waals surface area (Å²) >= 11 is 0. The molecule has 0 saturated carbocycles. The SMILES string of the molecule is CCOC(=O)C(C)=C1CCCOCC1. The van der Waals surface area contributed by atoms with Gasteiger partial charge >= 0.3 is 5.97 Å². The molecule has 1 heterocycles. The number of ether oxygens (including phenoxy) is 2. The summed E-state index contributed by atoms with van der Waals surface area (Å²) in [6, 6.07) is 0. The van der Waals surface area contributed by atoms with E-state index in [1.54, 1.807) is 0 Å². The van der Waals surface area contributed by atoms with Crippen molar-refractivity contribution in [2.45, 2.75) is 33.1 Å². The van der Waals surface area contributed by atoms with Gasteiger partial charge in [0.2, 0.25) is 0 Å². The average Bonchev–Trinajstić information content (AvgIpc) is 2.45. The van der Waals surface area contributed by atoms with Crippen molar-refractivity contribution in [2.75, 3.05) is 19.8 Å². The van der Waals surface area contributed by atoms with Gasteiger partial charge in [-0.2, -0.15) is 0 Å². The summed E-state index contributed by atoms with van der Waals surface area (Å²) in [7, 11) is 0. The molecule has 1 rings (SSSR count). The van der Waals surface area contributed by atoms with Gasteiger partial charge in [0.25, 0.3) is 0 Å². The van der Waals surface area contributed by atoms with E-state index >= 15 is 0 Å². The van der Waals surface area contributed by atoms with Gasteiger partial charge in [0.1, 0.15) is 0 Å². The first-order valence-corrected chi connectivity index (χ1v) is 5.19. The molecule has 0 spiro atoms. The minimum absolute atomic E-state index is 0.176. The Balaban J connectivity index is 2.64. The van der Waals surface area contributed by atoms with Crippen molar-refractivity contribution < 1.29 is 14.3 Å². The molecule has 0 aliphatic carbocycles. The Kier molecular flexibility index (Phi) is 4.66. The zero-order chi connectivity index (χ0) is 10.4. The van der Waals surface area contributed by atoms with E-state index in [-0.39, 0.29) is 5.97 Å². The molecule has 1 aliphatic rings. The summed E-state index contributed by atoms with van der Waals surface area (Å²) in [5, 5.41) is 0. The quantitative estimate of drug-likeness (QED) is 0.503. The van der Waals surface area contributed by atoms with Gasteiger partial charge in [-0.25, -0.2) is 4.79 Å². The van der Waals surface area contributed by atoms with Crippen LogP contribution < -0.4 is 0 Å². The first kappa shape index (κ1) is 11.2. The smallest absolute Gasteiger partial charge is 0.333 e. The number of esters is 1. The van der Waals surface area contributed by atoms with Crippen molar-refractivity contribution in [2.24, 2.45) is 0 Å². The molecule has 0 unspecified atom stereocenters. The monoisotopic (exact) mass is 198 g/mol. The predicted octanol–water partition coefficient (Wildman–Crippen LogP) is 2.07. The summed E-state index contributed by atoms with van der Waals surface area (Å²) in [6.07, 6.45) is 2.83. The second-order valence-corrected chi connectivity index (χ2v) is 3.41. The highest BCUT2D eigenvalue weighted by Gasteiger charge is 2.13. The first-order chi connectivity index (χ1) is 6.75. The highest BCUT2D eigenvalue weighted by Crippen LogP contribution is 2.19. The molecule has 0 aromatic carbocycles. The zero-order valence-electron chi connectivity index (χ0n) is 8.97. The normalized spacial score (nSPS) is 21.3. The topological polar surface area (TPSA) is 35.5 Å². The van der Waals surface area contributed by atoms with Crippen LogP contribution in [-0.2, 0) is 14.3 Å². The van der Waals surface area contributed by atoms with Gasteiger partial charge < -0.3 is 9.47 Å². The molecule has 1 fully saturated rings. The highest BCUT2D eigenvalue weighted by atomic mass is 16.5. The van der Waals surface area contributed by atoms with Crippen LogP contribution in [-0.4, -0.2) is 25.8 Å². The van der Waals surface area contributed by atoms with Crippen molar-refractivity contribution in [1.29, 1.82) is 0 Å². The molecule has 0 radical (unpaired) electrons. The average molecular weight is 198 g/mol. The molecule has 3 nitrogen and oxygen atoms in total. The molecule has 0 bridgehead atoms. The Morgan fingerprint density at radius 1 is 1.43 bits per heavy atom. The standard InChI is InChI=1S/C11H18O3/c1-3-14-11(12)9(2)10-5-4-7-13-8-6-10/h3-8H2,1-2H3. The van der Waals surface area contributed by atoms with Crippen LogP contribution in [0.4, 0.5) is 0 Å². The van der Waals surface area contributed by atoms with E-state index in [4.69, 9.17) is 9.47 Å². The molecule has 0 amide bonds. The first-order valence-electron chi connectivity index (χ1n) is 5.19. The van der Waals surface area contributed by atoms with Gasteiger partial charge in [-0.1, -0.05) is 5.57 Å². The summed E-state index contributed by atoms with van der Waals surface area (Å²) in [5.74, 6) is -0.176. The van der Waals surface area contributed by atoms with Crippen LogP contribution in [0.5, 0.6) is 0 Å². The third-order valence-corrected chi connectivity index (χ3v) is 2.43. The molecule has 1 aliphatic heterocycles. The van der Waals surface area contributed by atoms with E-state index in [2.05, 4.69) is 0 Å². The van der Waals surface area contributed by atoms with E-state index < -0.39 is 0 Å². The maximum Gasteiger partial charge on any atom is 0.333 e. The number of hydrogen-bond donors (Lipinski definition) is 0. The van der Waals surface area contributed by atoms with Crippen molar-refractivity contribution in [3.63, 3.8) is 0 Å². The Morgan fingerprint density at radius 3 is 2.93 bits per heavy atom. The third-order valence-electron chi connectivity index (χ3n) is 2.43. The lowest BCUT2D eigenvalue weighted by Gasteiger charge is -2.07. The molecule has 1 saturated heterocycles. The van der Waals surface area contributed by atoms with Crippen molar-refractivity contribution in [3.8, 4) is 0 Å². The second kappa shape index (κ2) is 5.81. The highest BCUT2D eigenvalue weighted by molar-refractivity contribution is 5.88. The molecular weight excluding hydrogens is 180 g/mol. The van der Waals surface area contributed by atoms with E-state index in [1.165, 1.54) is 5.57 Å². The Labute approximate surface area is 85.1 Å². The van der Waals surface area contributed by atoms with Crippen molar-refractivity contribution in [3.05, 3.63) is 11.1 Å². The Morgan fingerprint density at radius 2 is 2.21 bits per heavy atom. The van der Waals surface area contributed by atoms with Crippen LogP contribution in [0.25, 0.3) is 0 Å². The van der Waals surface area contributed by atoms with E-state index in [9.17, 15) is 4.79 Å². The van der Waals surface area contributed by atoms with Crippen LogP contribution in [0.1, 0.15) is 33.1 Å². The molecule has 3 heteroatoms. The molecular formula is C11H18O3. The van der Waals surface area contributed by atoms with Gasteiger partial charge in [0, 0.05) is 12.2 Å². The van der Waals surface area contributed by atoms with Crippen LogP contribution in [0.15, 0.2) is 11.1 Å². The molecule has 80 valence electrons. The number of rotatable bonds is 2. The Bertz CT molecular complexity index is 221. The molecule has 0 aromatic heterocycles. The van der Waals surface area contributed by atoms with Gasteiger partial charge in [0.05, 0.1) is 13.2 Å². The molecule has 0 atom stereocenters. The van der Waals surface area contributed by atoms with Crippen molar-refractivity contribution >= 4 is 5.97 Å². The summed E-state index contributed by atoms with van der Waals surface area (Å²) in [5.41, 5.74) is 1.97. The van der Waals surface area contributed by atoms with Crippen LogP contribution in [0.3, 0.4) is 0 Å². The van der Waals surface area contributed by atoms with E-state index in [1.807, 2.05) is 13.8 Å². The van der Waals surface area contributed by atoms with Gasteiger partial charge in [-0.05, 0) is 33.1 Å². The van der Waals surface area contributed by atoms with Gasteiger partial charge in [-0.15, -0.1) is 0 Å². The third kappa shape index (κ3) is 3.14. The molecule has 0 aromatic rings. The largest absolute Gasteiger partial charge is 0.463 e.